The fraction of sp³-hybridized carbons (Fsp3) is 0.417. The van der Waals surface area contributed by atoms with Gasteiger partial charge in [-0.1, -0.05) is 49.5 Å². The van der Waals surface area contributed by atoms with Gasteiger partial charge in [-0.15, -0.1) is 11.8 Å². The molecule has 1 unspecified atom stereocenters. The molecule has 0 saturated carbocycles. The topological polar surface area (TPSA) is 0 Å². The lowest BCUT2D eigenvalue weighted by molar-refractivity contribution is 0.923. The van der Waals surface area contributed by atoms with Gasteiger partial charge in [0.15, 0.2) is 0 Å². The van der Waals surface area contributed by atoms with Crippen molar-refractivity contribution in [2.75, 3.05) is 12.0 Å². The summed E-state index contributed by atoms with van der Waals surface area (Å²) in [6, 6.07) is 10.3. The SMILES string of the molecule is CSCCC(C)SC(=S)c1ccccc1. The first-order chi connectivity index (χ1) is 7.24. The van der Waals surface area contributed by atoms with Crippen LogP contribution in [0.2, 0.25) is 0 Å². The molecule has 0 nitrogen and oxygen atoms in total. The third-order valence-corrected chi connectivity index (χ3v) is 4.30. The van der Waals surface area contributed by atoms with Crippen LogP contribution >= 0.6 is 35.7 Å². The zero-order valence-electron chi connectivity index (χ0n) is 9.10. The van der Waals surface area contributed by atoms with Crippen LogP contribution in [0.1, 0.15) is 18.9 Å². The van der Waals surface area contributed by atoms with Gasteiger partial charge in [-0.25, -0.2) is 0 Å². The summed E-state index contributed by atoms with van der Waals surface area (Å²) in [5.41, 5.74) is 1.17. The van der Waals surface area contributed by atoms with Crippen molar-refractivity contribution >= 4 is 39.9 Å². The molecular formula is C12H16S3. The Morgan fingerprint density at radius 3 is 2.60 bits per heavy atom. The monoisotopic (exact) mass is 256 g/mol. The standard InChI is InChI=1S/C12H16S3/c1-10(8-9-14-2)15-12(13)11-6-4-3-5-7-11/h3-7,10H,8-9H2,1-2H3. The molecule has 3 heteroatoms. The lowest BCUT2D eigenvalue weighted by Gasteiger charge is -2.10. The molecule has 0 saturated heterocycles. The van der Waals surface area contributed by atoms with Crippen molar-refractivity contribution in [3.63, 3.8) is 0 Å². The van der Waals surface area contributed by atoms with Gasteiger partial charge in [-0.2, -0.15) is 11.8 Å². The predicted octanol–water partition coefficient (Wildman–Crippen LogP) is 4.24. The minimum absolute atomic E-state index is 0.616. The molecule has 1 aromatic rings. The average molecular weight is 256 g/mol. The Bertz CT molecular complexity index is 295. The van der Waals surface area contributed by atoms with Crippen LogP contribution in [-0.4, -0.2) is 21.5 Å². The summed E-state index contributed by atoms with van der Waals surface area (Å²) in [6.07, 6.45) is 3.37. The number of thioether (sulfide) groups is 2. The van der Waals surface area contributed by atoms with Crippen LogP contribution < -0.4 is 0 Å². The molecule has 82 valence electrons. The molecule has 1 rings (SSSR count). The maximum atomic E-state index is 5.40. The van der Waals surface area contributed by atoms with Gasteiger partial charge in [0.2, 0.25) is 0 Å². The Hall–Kier alpha value is 0.01000. The van der Waals surface area contributed by atoms with E-state index in [1.165, 1.54) is 17.7 Å². The van der Waals surface area contributed by atoms with Gasteiger partial charge in [0.05, 0.1) is 4.20 Å². The van der Waals surface area contributed by atoms with Crippen molar-refractivity contribution in [3.8, 4) is 0 Å². The molecule has 0 aliphatic heterocycles. The van der Waals surface area contributed by atoms with E-state index in [1.807, 2.05) is 41.7 Å². The molecule has 0 bridgehead atoms. The van der Waals surface area contributed by atoms with Crippen LogP contribution in [0.15, 0.2) is 30.3 Å². The molecule has 0 aromatic heterocycles. The van der Waals surface area contributed by atoms with Gasteiger partial charge in [-0.3, -0.25) is 0 Å². The lowest BCUT2D eigenvalue weighted by atomic mass is 10.2. The van der Waals surface area contributed by atoms with E-state index in [4.69, 9.17) is 12.2 Å². The third-order valence-electron chi connectivity index (χ3n) is 2.05. The lowest BCUT2D eigenvalue weighted by Crippen LogP contribution is -2.03. The van der Waals surface area contributed by atoms with Gasteiger partial charge in [-0.05, 0) is 24.0 Å². The van der Waals surface area contributed by atoms with E-state index in [1.54, 1.807) is 0 Å². The van der Waals surface area contributed by atoms with Crippen molar-refractivity contribution < 1.29 is 0 Å². The highest BCUT2D eigenvalue weighted by Crippen LogP contribution is 2.22. The average Bonchev–Trinajstić information content (AvgIpc) is 2.27. The highest BCUT2D eigenvalue weighted by atomic mass is 32.2. The molecule has 0 spiro atoms. The number of hydrogen-bond donors (Lipinski definition) is 0. The largest absolute Gasteiger partial charge is 0.165 e. The second-order valence-electron chi connectivity index (χ2n) is 3.36. The first-order valence-corrected chi connectivity index (χ1v) is 7.67. The Balaban J connectivity index is 2.42. The summed E-state index contributed by atoms with van der Waals surface area (Å²) in [5.74, 6) is 1.21. The summed E-state index contributed by atoms with van der Waals surface area (Å²) in [7, 11) is 0. The zero-order chi connectivity index (χ0) is 11.1. The molecule has 1 atom stereocenters. The molecule has 0 radical (unpaired) electrons. The van der Waals surface area contributed by atoms with Gasteiger partial charge in [0.25, 0.3) is 0 Å². The summed E-state index contributed by atoms with van der Waals surface area (Å²) in [4.78, 5) is 0. The number of rotatable bonds is 5. The predicted molar refractivity (Wildman–Crippen MR) is 78.2 cm³/mol. The molecule has 0 N–H and O–H groups in total. The normalized spacial score (nSPS) is 12.4. The number of benzene rings is 1. The van der Waals surface area contributed by atoms with Crippen LogP contribution in [0.4, 0.5) is 0 Å². The highest BCUT2D eigenvalue weighted by Gasteiger charge is 2.07. The van der Waals surface area contributed by atoms with Gasteiger partial charge in [0.1, 0.15) is 0 Å². The van der Waals surface area contributed by atoms with Gasteiger partial charge in [0, 0.05) is 5.25 Å². The van der Waals surface area contributed by atoms with Crippen LogP contribution in [0.5, 0.6) is 0 Å². The summed E-state index contributed by atoms with van der Waals surface area (Å²) in [5, 5.41) is 0.616. The molecule has 0 aliphatic carbocycles. The maximum absolute atomic E-state index is 5.40. The van der Waals surface area contributed by atoms with E-state index in [0.29, 0.717) is 5.25 Å². The van der Waals surface area contributed by atoms with Gasteiger partial charge < -0.3 is 0 Å². The van der Waals surface area contributed by atoms with Crippen molar-refractivity contribution in [3.05, 3.63) is 35.9 Å². The number of hydrogen-bond acceptors (Lipinski definition) is 3. The molecule has 0 aliphatic rings. The Morgan fingerprint density at radius 2 is 2.00 bits per heavy atom. The van der Waals surface area contributed by atoms with Crippen molar-refractivity contribution in [2.45, 2.75) is 18.6 Å². The maximum Gasteiger partial charge on any atom is 0.0780 e. The Labute approximate surface area is 106 Å². The summed E-state index contributed by atoms with van der Waals surface area (Å²) < 4.78 is 1.02. The third kappa shape index (κ3) is 5.05. The quantitative estimate of drug-likeness (QED) is 0.723. The molecule has 0 heterocycles. The second-order valence-corrected chi connectivity index (χ2v) is 6.46. The van der Waals surface area contributed by atoms with Crippen molar-refractivity contribution in [1.82, 2.24) is 0 Å². The highest BCUT2D eigenvalue weighted by molar-refractivity contribution is 8.24. The zero-order valence-corrected chi connectivity index (χ0v) is 11.6. The molecule has 1 aromatic carbocycles. The van der Waals surface area contributed by atoms with E-state index in [0.717, 1.165) is 4.20 Å². The van der Waals surface area contributed by atoms with Crippen LogP contribution in [0.25, 0.3) is 0 Å². The minimum atomic E-state index is 0.616. The summed E-state index contributed by atoms with van der Waals surface area (Å²) >= 11 is 9.11. The minimum Gasteiger partial charge on any atom is -0.165 e. The summed E-state index contributed by atoms with van der Waals surface area (Å²) in [6.45, 7) is 2.25. The van der Waals surface area contributed by atoms with Crippen LogP contribution in [0.3, 0.4) is 0 Å². The van der Waals surface area contributed by atoms with Crippen molar-refractivity contribution in [1.29, 1.82) is 0 Å². The van der Waals surface area contributed by atoms with E-state index in [-0.39, 0.29) is 0 Å². The molecule has 0 amide bonds. The van der Waals surface area contributed by atoms with Crippen LogP contribution in [0, 0.1) is 0 Å². The van der Waals surface area contributed by atoms with E-state index >= 15 is 0 Å². The first-order valence-electron chi connectivity index (χ1n) is 4.99. The van der Waals surface area contributed by atoms with E-state index < -0.39 is 0 Å². The molecule has 0 fully saturated rings. The van der Waals surface area contributed by atoms with E-state index in [2.05, 4.69) is 25.3 Å². The van der Waals surface area contributed by atoms with Crippen molar-refractivity contribution in [2.24, 2.45) is 0 Å². The molecule has 15 heavy (non-hydrogen) atoms. The van der Waals surface area contributed by atoms with E-state index in [9.17, 15) is 0 Å². The Morgan fingerprint density at radius 1 is 1.33 bits per heavy atom. The smallest absolute Gasteiger partial charge is 0.0780 e. The molecular weight excluding hydrogens is 240 g/mol. The number of thiocarbonyl (C=S) groups is 1. The Kier molecular flexibility index (Phi) is 6.37. The van der Waals surface area contributed by atoms with Crippen LogP contribution in [-0.2, 0) is 0 Å². The fourth-order valence-corrected chi connectivity index (χ4v) is 3.41. The van der Waals surface area contributed by atoms with Gasteiger partial charge >= 0.3 is 0 Å². The second kappa shape index (κ2) is 7.31. The first kappa shape index (κ1) is 13.1. The fourth-order valence-electron chi connectivity index (χ4n) is 1.17.